The summed E-state index contributed by atoms with van der Waals surface area (Å²) in [6.07, 6.45) is 1.67. The van der Waals surface area contributed by atoms with Gasteiger partial charge in [-0.25, -0.2) is 8.78 Å². The molecule has 0 saturated heterocycles. The molecule has 0 spiro atoms. The van der Waals surface area contributed by atoms with Gasteiger partial charge in [0, 0.05) is 22.2 Å². The van der Waals surface area contributed by atoms with Gasteiger partial charge in [0.25, 0.3) is 0 Å². The van der Waals surface area contributed by atoms with Gasteiger partial charge >= 0.3 is 0 Å². The van der Waals surface area contributed by atoms with Crippen LogP contribution in [0.4, 0.5) is 25.8 Å². The molecule has 0 fully saturated rings. The van der Waals surface area contributed by atoms with Crippen molar-refractivity contribution in [3.8, 4) is 11.1 Å². The molecular formula is C38H27F2NO2. The number of anilines is 3. The minimum absolute atomic E-state index is 0.0651. The molecular weight excluding hydrogens is 540 g/mol. The summed E-state index contributed by atoms with van der Waals surface area (Å²) < 4.78 is 29.7. The number of rotatable bonds is 3. The highest BCUT2D eigenvalue weighted by molar-refractivity contribution is 6.41. The molecule has 3 nitrogen and oxygen atoms in total. The number of fused-ring (bicyclic) bond motifs is 3. The van der Waals surface area contributed by atoms with Crippen molar-refractivity contribution in [2.45, 2.75) is 26.2 Å². The lowest BCUT2D eigenvalue weighted by Gasteiger charge is -2.42. The van der Waals surface area contributed by atoms with E-state index in [-0.39, 0.29) is 22.7 Å². The van der Waals surface area contributed by atoms with E-state index in [4.69, 9.17) is 0 Å². The maximum absolute atomic E-state index is 14.9. The molecule has 0 amide bonds. The number of para-hydroxylation sites is 1. The molecule has 1 aliphatic carbocycles. The van der Waals surface area contributed by atoms with Crippen molar-refractivity contribution >= 4 is 34.7 Å². The number of hydrogen-bond acceptors (Lipinski definition) is 3. The van der Waals surface area contributed by atoms with E-state index in [0.717, 1.165) is 39.3 Å². The van der Waals surface area contributed by atoms with E-state index in [2.05, 4.69) is 18.7 Å². The minimum atomic E-state index is -0.620. The van der Waals surface area contributed by atoms with E-state index < -0.39 is 17.0 Å². The Kier molecular flexibility index (Phi) is 6.03. The van der Waals surface area contributed by atoms with Crippen LogP contribution in [-0.4, -0.2) is 11.6 Å². The van der Waals surface area contributed by atoms with Crippen molar-refractivity contribution in [2.24, 2.45) is 0 Å². The summed E-state index contributed by atoms with van der Waals surface area (Å²) >= 11 is 0. The average molecular weight is 568 g/mol. The number of allylic oxidation sites excluding steroid dienone is 1. The van der Waals surface area contributed by atoms with Crippen LogP contribution in [0.15, 0.2) is 109 Å². The third kappa shape index (κ3) is 4.15. The smallest absolute Gasteiger partial charge is 0.197 e. The number of benzene rings is 5. The second-order valence-electron chi connectivity index (χ2n) is 11.7. The summed E-state index contributed by atoms with van der Waals surface area (Å²) in [6.45, 7) is 6.05. The van der Waals surface area contributed by atoms with Gasteiger partial charge in [0.15, 0.2) is 11.6 Å². The fourth-order valence-corrected chi connectivity index (χ4v) is 6.36. The first kappa shape index (κ1) is 26.7. The van der Waals surface area contributed by atoms with Gasteiger partial charge in [-0.3, -0.25) is 9.59 Å². The molecule has 0 saturated carbocycles. The summed E-state index contributed by atoms with van der Waals surface area (Å²) in [7, 11) is 0. The zero-order valence-electron chi connectivity index (χ0n) is 23.9. The fourth-order valence-electron chi connectivity index (χ4n) is 6.36. The lowest BCUT2D eigenvalue weighted by molar-refractivity contribution is 0.0990. The van der Waals surface area contributed by atoms with E-state index >= 15 is 0 Å². The Morgan fingerprint density at radius 2 is 1.33 bits per heavy atom. The highest BCUT2D eigenvalue weighted by atomic mass is 19.1. The summed E-state index contributed by atoms with van der Waals surface area (Å²) in [4.78, 5) is 28.6. The molecule has 1 aliphatic heterocycles. The highest BCUT2D eigenvalue weighted by Gasteiger charge is 2.38. The SMILES string of the molecule is Cc1ccc2c(c1)C(=O)/C(=C\c1ccc3c(c1)C(C)(C)c1cc(-c4c(F)cccc4F)ccc1N3c1ccccc1)C2=O. The molecule has 0 unspecified atom stereocenters. The number of halogens is 2. The molecule has 5 aromatic carbocycles. The van der Waals surface area contributed by atoms with Crippen LogP contribution in [0.1, 0.15) is 56.8 Å². The molecule has 210 valence electrons. The first-order valence-electron chi connectivity index (χ1n) is 14.2. The molecule has 43 heavy (non-hydrogen) atoms. The molecule has 0 aromatic heterocycles. The second-order valence-corrected chi connectivity index (χ2v) is 11.7. The lowest BCUT2D eigenvalue weighted by atomic mass is 9.72. The number of carbonyl (C=O) groups excluding carboxylic acids is 2. The van der Waals surface area contributed by atoms with Crippen molar-refractivity contribution < 1.29 is 18.4 Å². The molecule has 0 atom stereocenters. The fraction of sp³-hybridized carbons (Fsp3) is 0.105. The Hall–Kier alpha value is -5.16. The Morgan fingerprint density at radius 1 is 0.674 bits per heavy atom. The van der Waals surface area contributed by atoms with Crippen molar-refractivity contribution in [1.29, 1.82) is 0 Å². The van der Waals surface area contributed by atoms with E-state index in [1.165, 1.54) is 18.2 Å². The number of ketones is 2. The summed E-state index contributed by atoms with van der Waals surface area (Å²) in [5.41, 5.74) is 7.08. The highest BCUT2D eigenvalue weighted by Crippen LogP contribution is 2.53. The van der Waals surface area contributed by atoms with Gasteiger partial charge in [0.2, 0.25) is 0 Å². The van der Waals surface area contributed by atoms with Crippen LogP contribution >= 0.6 is 0 Å². The van der Waals surface area contributed by atoms with Gasteiger partial charge in [-0.05, 0) is 89.9 Å². The van der Waals surface area contributed by atoms with Crippen molar-refractivity contribution in [3.63, 3.8) is 0 Å². The largest absolute Gasteiger partial charge is 0.310 e. The van der Waals surface area contributed by atoms with Gasteiger partial charge in [-0.15, -0.1) is 0 Å². The molecule has 0 radical (unpaired) electrons. The zero-order valence-corrected chi connectivity index (χ0v) is 23.9. The Morgan fingerprint density at radius 3 is 2.05 bits per heavy atom. The first-order valence-corrected chi connectivity index (χ1v) is 14.2. The van der Waals surface area contributed by atoms with Gasteiger partial charge in [0.05, 0.1) is 22.5 Å². The topological polar surface area (TPSA) is 37.4 Å². The van der Waals surface area contributed by atoms with Gasteiger partial charge in [0.1, 0.15) is 11.6 Å². The predicted molar refractivity (Wildman–Crippen MR) is 166 cm³/mol. The molecule has 5 heteroatoms. The van der Waals surface area contributed by atoms with Gasteiger partial charge < -0.3 is 4.90 Å². The molecule has 0 N–H and O–H groups in total. The molecule has 0 bridgehead atoms. The zero-order chi connectivity index (χ0) is 30.0. The monoisotopic (exact) mass is 567 g/mol. The van der Waals surface area contributed by atoms with E-state index in [0.29, 0.717) is 16.7 Å². The van der Waals surface area contributed by atoms with Crippen LogP contribution in [-0.2, 0) is 5.41 Å². The van der Waals surface area contributed by atoms with Gasteiger partial charge in [-0.2, -0.15) is 0 Å². The van der Waals surface area contributed by atoms with E-state index in [1.54, 1.807) is 24.3 Å². The Labute approximate surface area is 248 Å². The van der Waals surface area contributed by atoms with Crippen LogP contribution in [0.2, 0.25) is 0 Å². The minimum Gasteiger partial charge on any atom is -0.310 e. The van der Waals surface area contributed by atoms with Crippen LogP contribution in [0.5, 0.6) is 0 Å². The number of Topliss-reactive ketones (excluding diaryl/α,β-unsaturated/α-hetero) is 2. The summed E-state index contributed by atoms with van der Waals surface area (Å²) in [5, 5.41) is 0. The quantitative estimate of drug-likeness (QED) is 0.161. The normalized spacial score (nSPS) is 15.8. The lowest BCUT2D eigenvalue weighted by Crippen LogP contribution is -2.30. The van der Waals surface area contributed by atoms with Crippen molar-refractivity contribution in [3.05, 3.63) is 154 Å². The third-order valence-corrected chi connectivity index (χ3v) is 8.58. The van der Waals surface area contributed by atoms with Crippen LogP contribution in [0.3, 0.4) is 0 Å². The Balaban J connectivity index is 1.41. The number of hydrogen-bond donors (Lipinski definition) is 0. The molecule has 7 rings (SSSR count). The molecule has 1 heterocycles. The first-order chi connectivity index (χ1) is 20.6. The number of aryl methyl sites for hydroxylation is 1. The summed E-state index contributed by atoms with van der Waals surface area (Å²) in [5.74, 6) is -1.78. The third-order valence-electron chi connectivity index (χ3n) is 8.58. The maximum atomic E-state index is 14.9. The second kappa shape index (κ2) is 9.70. The maximum Gasteiger partial charge on any atom is 0.197 e. The molecule has 2 aliphatic rings. The predicted octanol–water partition coefficient (Wildman–Crippen LogP) is 9.51. The Bertz CT molecular complexity index is 2000. The van der Waals surface area contributed by atoms with Gasteiger partial charge in [-0.1, -0.05) is 67.9 Å². The van der Waals surface area contributed by atoms with Crippen LogP contribution < -0.4 is 4.90 Å². The van der Waals surface area contributed by atoms with E-state index in [1.807, 2.05) is 73.7 Å². The average Bonchev–Trinajstić information content (AvgIpc) is 3.22. The molecule has 5 aromatic rings. The summed E-state index contributed by atoms with van der Waals surface area (Å²) in [6, 6.07) is 30.6. The number of nitrogens with zero attached hydrogens (tertiary/aromatic N) is 1. The van der Waals surface area contributed by atoms with E-state index in [9.17, 15) is 18.4 Å². The standard InChI is InChI=1S/C38H27F2NO2/c1-22-12-15-26-27(18-22)37(43)28(36(26)42)19-23-13-16-33-29(20-23)38(2,3)30-21-24(35-31(39)10-7-11-32(35)40)14-17-34(30)41(33)25-8-5-4-6-9-25/h4-21H,1-3H3/b28-19-. The number of carbonyl (C=O) groups is 2. The van der Waals surface area contributed by atoms with Crippen LogP contribution in [0.25, 0.3) is 17.2 Å². The van der Waals surface area contributed by atoms with Crippen LogP contribution in [0, 0.1) is 18.6 Å². The van der Waals surface area contributed by atoms with Crippen molar-refractivity contribution in [2.75, 3.05) is 4.90 Å². The van der Waals surface area contributed by atoms with Crippen molar-refractivity contribution in [1.82, 2.24) is 0 Å².